The van der Waals surface area contributed by atoms with Crippen LogP contribution in [0.5, 0.6) is 0 Å². The lowest BCUT2D eigenvalue weighted by Crippen LogP contribution is -2.17. The number of nitrogens with one attached hydrogen (secondary N) is 2. The first-order valence-corrected chi connectivity index (χ1v) is 5.18. The van der Waals surface area contributed by atoms with Gasteiger partial charge in [0.2, 0.25) is 0 Å². The molecule has 0 saturated carbocycles. The number of benzene rings is 1. The van der Waals surface area contributed by atoms with Gasteiger partial charge in [0.25, 0.3) is 5.91 Å². The Morgan fingerprint density at radius 3 is 2.61 bits per heavy atom. The Balaban J connectivity index is 2.19. The van der Waals surface area contributed by atoms with E-state index >= 15 is 0 Å². The number of nitrogens with two attached hydrogens (primary N) is 1. The van der Waals surface area contributed by atoms with E-state index in [0.29, 0.717) is 16.9 Å². The normalized spacial score (nSPS) is 9.89. The zero-order chi connectivity index (χ0) is 13.0. The molecular formula is C12H11FN4O. The molecule has 0 aliphatic carbocycles. The molecule has 0 spiro atoms. The molecule has 0 aliphatic heterocycles. The Labute approximate surface area is 103 Å². The third-order valence-electron chi connectivity index (χ3n) is 2.32. The highest BCUT2D eigenvalue weighted by Gasteiger charge is 2.10. The van der Waals surface area contributed by atoms with Crippen LogP contribution in [-0.2, 0) is 0 Å². The van der Waals surface area contributed by atoms with Crippen molar-refractivity contribution in [3.63, 3.8) is 0 Å². The molecule has 1 heterocycles. The third kappa shape index (κ3) is 2.61. The van der Waals surface area contributed by atoms with E-state index in [1.165, 1.54) is 36.7 Å². The van der Waals surface area contributed by atoms with Gasteiger partial charge in [-0.05, 0) is 30.3 Å². The minimum atomic E-state index is -0.373. The largest absolute Gasteiger partial charge is 0.323 e. The molecule has 2 rings (SSSR count). The molecule has 0 saturated heterocycles. The van der Waals surface area contributed by atoms with Gasteiger partial charge >= 0.3 is 0 Å². The fourth-order valence-corrected chi connectivity index (χ4v) is 1.43. The van der Waals surface area contributed by atoms with Crippen LogP contribution in [0.25, 0.3) is 0 Å². The lowest BCUT2D eigenvalue weighted by atomic mass is 10.2. The van der Waals surface area contributed by atoms with Crippen molar-refractivity contribution in [2.45, 2.75) is 0 Å². The summed E-state index contributed by atoms with van der Waals surface area (Å²) in [6.45, 7) is 0. The first-order chi connectivity index (χ1) is 8.70. The molecule has 6 heteroatoms. The predicted molar refractivity (Wildman–Crippen MR) is 66.4 cm³/mol. The van der Waals surface area contributed by atoms with Crippen LogP contribution < -0.4 is 16.6 Å². The van der Waals surface area contributed by atoms with Gasteiger partial charge in [0.15, 0.2) is 0 Å². The average Bonchev–Trinajstić information content (AvgIpc) is 2.41. The van der Waals surface area contributed by atoms with Crippen LogP contribution in [0.4, 0.5) is 15.8 Å². The van der Waals surface area contributed by atoms with Gasteiger partial charge in [0, 0.05) is 18.1 Å². The molecule has 0 unspecified atom stereocenters. The smallest absolute Gasteiger partial charge is 0.259 e. The van der Waals surface area contributed by atoms with E-state index in [4.69, 9.17) is 5.84 Å². The molecule has 2 aromatic rings. The molecule has 5 nitrogen and oxygen atoms in total. The highest BCUT2D eigenvalue weighted by atomic mass is 19.1. The number of halogens is 1. The second kappa shape index (κ2) is 5.24. The minimum Gasteiger partial charge on any atom is -0.323 e. The average molecular weight is 246 g/mol. The summed E-state index contributed by atoms with van der Waals surface area (Å²) >= 11 is 0. The van der Waals surface area contributed by atoms with E-state index in [9.17, 15) is 9.18 Å². The Morgan fingerprint density at radius 2 is 1.94 bits per heavy atom. The zero-order valence-corrected chi connectivity index (χ0v) is 9.35. The number of pyridine rings is 1. The van der Waals surface area contributed by atoms with E-state index in [0.717, 1.165) is 0 Å². The summed E-state index contributed by atoms with van der Waals surface area (Å²) in [5, 5.41) is 2.62. The van der Waals surface area contributed by atoms with Crippen LogP contribution in [0.3, 0.4) is 0 Å². The predicted octanol–water partition coefficient (Wildman–Crippen LogP) is 1.76. The molecule has 0 fully saturated rings. The lowest BCUT2D eigenvalue weighted by molar-refractivity contribution is 0.102. The van der Waals surface area contributed by atoms with Crippen molar-refractivity contribution in [3.8, 4) is 0 Å². The van der Waals surface area contributed by atoms with E-state index in [-0.39, 0.29) is 11.7 Å². The molecule has 1 aromatic carbocycles. The number of hydrogen-bond acceptors (Lipinski definition) is 4. The van der Waals surface area contributed by atoms with Crippen molar-refractivity contribution in [3.05, 3.63) is 54.1 Å². The van der Waals surface area contributed by atoms with Crippen LogP contribution in [0, 0.1) is 5.82 Å². The van der Waals surface area contributed by atoms with Crippen molar-refractivity contribution in [2.75, 3.05) is 10.7 Å². The number of aromatic nitrogens is 1. The summed E-state index contributed by atoms with van der Waals surface area (Å²) in [5.41, 5.74) is 3.68. The van der Waals surface area contributed by atoms with Gasteiger partial charge in [-0.15, -0.1) is 0 Å². The van der Waals surface area contributed by atoms with Gasteiger partial charge < -0.3 is 10.7 Å². The first kappa shape index (κ1) is 12.0. The maximum Gasteiger partial charge on any atom is 0.259 e. The van der Waals surface area contributed by atoms with E-state index in [1.807, 2.05) is 0 Å². The van der Waals surface area contributed by atoms with E-state index < -0.39 is 0 Å². The zero-order valence-electron chi connectivity index (χ0n) is 9.35. The molecule has 0 aliphatic rings. The number of rotatable bonds is 3. The molecule has 0 radical (unpaired) electrons. The van der Waals surface area contributed by atoms with Crippen LogP contribution in [-0.4, -0.2) is 10.9 Å². The highest BCUT2D eigenvalue weighted by Crippen LogP contribution is 2.15. The fourth-order valence-electron chi connectivity index (χ4n) is 1.43. The number of hydrogen-bond donors (Lipinski definition) is 3. The molecule has 92 valence electrons. The lowest BCUT2D eigenvalue weighted by Gasteiger charge is -2.08. The van der Waals surface area contributed by atoms with Crippen molar-refractivity contribution in [2.24, 2.45) is 5.84 Å². The second-order valence-corrected chi connectivity index (χ2v) is 3.53. The number of carbonyl (C=O) groups excluding carboxylic acids is 1. The van der Waals surface area contributed by atoms with Crippen molar-refractivity contribution >= 4 is 17.3 Å². The van der Waals surface area contributed by atoms with Crippen molar-refractivity contribution < 1.29 is 9.18 Å². The molecule has 0 bridgehead atoms. The standard InChI is InChI=1S/C12H11FN4O/c13-8-1-3-9(4-2-8)16-12(18)10-7-15-6-5-11(10)17-14/h1-7H,14H2,(H,15,17)(H,16,18). The maximum atomic E-state index is 12.7. The summed E-state index contributed by atoms with van der Waals surface area (Å²) in [7, 11) is 0. The van der Waals surface area contributed by atoms with Crippen LogP contribution in [0.2, 0.25) is 0 Å². The topological polar surface area (TPSA) is 80.0 Å². The number of anilines is 2. The Bertz CT molecular complexity index is 556. The molecular weight excluding hydrogens is 235 g/mol. The monoisotopic (exact) mass is 246 g/mol. The number of amides is 1. The quantitative estimate of drug-likeness (QED) is 0.569. The van der Waals surface area contributed by atoms with E-state index in [2.05, 4.69) is 15.7 Å². The van der Waals surface area contributed by atoms with Gasteiger partial charge in [-0.2, -0.15) is 0 Å². The fraction of sp³-hybridized carbons (Fsp3) is 0. The molecule has 1 aromatic heterocycles. The number of nitrogens with zero attached hydrogens (tertiary/aromatic N) is 1. The Morgan fingerprint density at radius 1 is 1.22 bits per heavy atom. The van der Waals surface area contributed by atoms with Crippen molar-refractivity contribution in [1.82, 2.24) is 4.98 Å². The van der Waals surface area contributed by atoms with E-state index in [1.54, 1.807) is 6.07 Å². The number of hydrazine groups is 1. The van der Waals surface area contributed by atoms with Crippen LogP contribution >= 0.6 is 0 Å². The Kier molecular flexibility index (Phi) is 3.49. The number of nitrogen functional groups attached to an aromatic ring is 1. The first-order valence-electron chi connectivity index (χ1n) is 5.18. The third-order valence-corrected chi connectivity index (χ3v) is 2.32. The summed E-state index contributed by atoms with van der Waals surface area (Å²) in [6, 6.07) is 7.06. The summed E-state index contributed by atoms with van der Waals surface area (Å²) in [4.78, 5) is 15.8. The van der Waals surface area contributed by atoms with Crippen molar-refractivity contribution in [1.29, 1.82) is 0 Å². The maximum absolute atomic E-state index is 12.7. The van der Waals surface area contributed by atoms with Gasteiger partial charge in [0.05, 0.1) is 11.3 Å². The summed E-state index contributed by atoms with van der Waals surface area (Å²) < 4.78 is 12.7. The highest BCUT2D eigenvalue weighted by molar-refractivity contribution is 6.07. The second-order valence-electron chi connectivity index (χ2n) is 3.53. The van der Waals surface area contributed by atoms with Gasteiger partial charge in [-0.25, -0.2) is 4.39 Å². The van der Waals surface area contributed by atoms with Crippen LogP contribution in [0.15, 0.2) is 42.7 Å². The van der Waals surface area contributed by atoms with Crippen LogP contribution in [0.1, 0.15) is 10.4 Å². The minimum absolute atomic E-state index is 0.310. The molecule has 4 N–H and O–H groups in total. The van der Waals surface area contributed by atoms with Gasteiger partial charge in [0.1, 0.15) is 5.82 Å². The van der Waals surface area contributed by atoms with Gasteiger partial charge in [-0.3, -0.25) is 15.6 Å². The SMILES string of the molecule is NNc1ccncc1C(=O)Nc1ccc(F)cc1. The number of carbonyl (C=O) groups is 1. The molecule has 18 heavy (non-hydrogen) atoms. The Hall–Kier alpha value is -2.47. The molecule has 1 amide bonds. The van der Waals surface area contributed by atoms with Gasteiger partial charge in [-0.1, -0.05) is 0 Å². The molecule has 0 atom stereocenters. The summed E-state index contributed by atoms with van der Waals surface area (Å²) in [6.07, 6.45) is 2.91. The summed E-state index contributed by atoms with van der Waals surface area (Å²) in [5.74, 6) is 4.56.